The average Bonchev–Trinajstić information content (AvgIpc) is 2.38. The molecule has 0 aliphatic carbocycles. The van der Waals surface area contributed by atoms with E-state index in [9.17, 15) is 0 Å². The summed E-state index contributed by atoms with van der Waals surface area (Å²) in [5, 5.41) is 1.22. The van der Waals surface area contributed by atoms with E-state index in [1.807, 2.05) is 36.6 Å². The first kappa shape index (κ1) is 13.8. The molecule has 0 aromatic heterocycles. The molecular weight excluding hydrogens is 285 g/mol. The smallest absolute Gasteiger partial charge is 0.0577 e. The van der Waals surface area contributed by atoms with E-state index in [0.29, 0.717) is 10.0 Å². The highest BCUT2D eigenvalue weighted by Gasteiger charge is 2.15. The fourth-order valence-electron chi connectivity index (χ4n) is 1.84. The zero-order chi connectivity index (χ0) is 13.1. The Morgan fingerprint density at radius 2 is 1.78 bits per heavy atom. The van der Waals surface area contributed by atoms with Crippen molar-refractivity contribution in [1.29, 1.82) is 0 Å². The molecule has 0 amide bonds. The predicted molar refractivity (Wildman–Crippen MR) is 80.7 cm³/mol. The summed E-state index contributed by atoms with van der Waals surface area (Å²) >= 11 is 13.8. The summed E-state index contributed by atoms with van der Waals surface area (Å²) in [4.78, 5) is 1.16. The van der Waals surface area contributed by atoms with Gasteiger partial charge in [-0.3, -0.25) is 0 Å². The number of hydrogen-bond donors (Lipinski definition) is 1. The number of hydrogen-bond acceptors (Lipinski definition) is 2. The van der Waals surface area contributed by atoms with Crippen molar-refractivity contribution in [3.8, 4) is 0 Å². The van der Waals surface area contributed by atoms with Gasteiger partial charge in [0.2, 0.25) is 0 Å². The van der Waals surface area contributed by atoms with Gasteiger partial charge in [0.15, 0.2) is 0 Å². The summed E-state index contributed by atoms with van der Waals surface area (Å²) < 4.78 is 0. The first-order chi connectivity index (χ1) is 8.63. The van der Waals surface area contributed by atoms with Gasteiger partial charge in [-0.1, -0.05) is 47.5 Å². The maximum atomic E-state index is 6.30. The highest BCUT2D eigenvalue weighted by atomic mass is 35.5. The zero-order valence-corrected chi connectivity index (χ0v) is 12.2. The zero-order valence-electron chi connectivity index (χ0n) is 9.86. The number of benzene rings is 2. The van der Waals surface area contributed by atoms with Crippen LogP contribution in [0.3, 0.4) is 0 Å². The summed E-state index contributed by atoms with van der Waals surface area (Å²) in [5.41, 5.74) is 8.27. The minimum Gasteiger partial charge on any atom is -0.320 e. The van der Waals surface area contributed by atoms with Crippen LogP contribution in [-0.2, 0) is 0 Å². The molecule has 1 atom stereocenters. The summed E-state index contributed by atoms with van der Waals surface area (Å²) in [6.45, 7) is 0. The van der Waals surface area contributed by atoms with Gasteiger partial charge in [-0.05, 0) is 35.6 Å². The molecule has 0 radical (unpaired) electrons. The van der Waals surface area contributed by atoms with Crippen molar-refractivity contribution in [1.82, 2.24) is 0 Å². The third-order valence-electron chi connectivity index (χ3n) is 2.77. The topological polar surface area (TPSA) is 26.0 Å². The van der Waals surface area contributed by atoms with E-state index in [4.69, 9.17) is 28.9 Å². The summed E-state index contributed by atoms with van der Waals surface area (Å²) in [5.74, 6) is 0. The standard InChI is InChI=1S/C14H13Cl2NS/c1-18-13-5-3-2-4-11(13)14(17)10-7-6-9(15)8-12(10)16/h2-8,14H,17H2,1H3. The molecular formula is C14H13Cl2NS. The van der Waals surface area contributed by atoms with Gasteiger partial charge in [0.1, 0.15) is 0 Å². The largest absolute Gasteiger partial charge is 0.320 e. The molecule has 0 spiro atoms. The van der Waals surface area contributed by atoms with Gasteiger partial charge in [0.05, 0.1) is 6.04 Å². The molecule has 2 rings (SSSR count). The van der Waals surface area contributed by atoms with E-state index in [-0.39, 0.29) is 6.04 Å². The molecule has 0 aliphatic heterocycles. The van der Waals surface area contributed by atoms with Crippen molar-refractivity contribution in [2.24, 2.45) is 5.73 Å². The van der Waals surface area contributed by atoms with Crippen LogP contribution in [0, 0.1) is 0 Å². The van der Waals surface area contributed by atoms with Crippen molar-refractivity contribution in [3.05, 3.63) is 63.6 Å². The number of rotatable bonds is 3. The monoisotopic (exact) mass is 297 g/mol. The maximum absolute atomic E-state index is 6.30. The second kappa shape index (κ2) is 5.98. The van der Waals surface area contributed by atoms with Crippen LogP contribution in [0.2, 0.25) is 10.0 Å². The molecule has 0 bridgehead atoms. The summed E-state index contributed by atoms with van der Waals surface area (Å²) in [6, 6.07) is 13.3. The fraction of sp³-hybridized carbons (Fsp3) is 0.143. The average molecular weight is 298 g/mol. The Labute approximate surface area is 121 Å². The van der Waals surface area contributed by atoms with E-state index in [1.165, 1.54) is 0 Å². The van der Waals surface area contributed by atoms with Crippen molar-refractivity contribution in [2.75, 3.05) is 6.26 Å². The normalized spacial score (nSPS) is 12.4. The van der Waals surface area contributed by atoms with Crippen molar-refractivity contribution in [2.45, 2.75) is 10.9 Å². The van der Waals surface area contributed by atoms with Gasteiger partial charge >= 0.3 is 0 Å². The van der Waals surface area contributed by atoms with Gasteiger partial charge < -0.3 is 5.73 Å². The molecule has 0 saturated carbocycles. The second-order valence-electron chi connectivity index (χ2n) is 3.89. The predicted octanol–water partition coefficient (Wildman–Crippen LogP) is 4.76. The lowest BCUT2D eigenvalue weighted by atomic mass is 9.99. The van der Waals surface area contributed by atoms with Crippen molar-refractivity contribution in [3.63, 3.8) is 0 Å². The maximum Gasteiger partial charge on any atom is 0.0577 e. The van der Waals surface area contributed by atoms with Gasteiger partial charge in [-0.2, -0.15) is 0 Å². The van der Waals surface area contributed by atoms with E-state index in [2.05, 4.69) is 6.07 Å². The Kier molecular flexibility index (Phi) is 4.57. The Bertz CT molecular complexity index is 557. The lowest BCUT2D eigenvalue weighted by Gasteiger charge is -2.17. The molecule has 2 N–H and O–H groups in total. The Morgan fingerprint density at radius 3 is 2.44 bits per heavy atom. The Morgan fingerprint density at radius 1 is 1.06 bits per heavy atom. The highest BCUT2D eigenvalue weighted by molar-refractivity contribution is 7.98. The van der Waals surface area contributed by atoms with Crippen LogP contribution in [0.5, 0.6) is 0 Å². The van der Waals surface area contributed by atoms with Crippen LogP contribution >= 0.6 is 35.0 Å². The molecule has 2 aromatic rings. The molecule has 18 heavy (non-hydrogen) atoms. The van der Waals surface area contributed by atoms with Gasteiger partial charge in [-0.15, -0.1) is 11.8 Å². The minimum atomic E-state index is -0.238. The molecule has 1 nitrogen and oxygen atoms in total. The van der Waals surface area contributed by atoms with E-state index in [1.54, 1.807) is 17.8 Å². The van der Waals surface area contributed by atoms with Crippen LogP contribution in [0.1, 0.15) is 17.2 Å². The molecule has 2 aromatic carbocycles. The van der Waals surface area contributed by atoms with E-state index < -0.39 is 0 Å². The molecule has 0 aliphatic rings. The minimum absolute atomic E-state index is 0.238. The number of thioether (sulfide) groups is 1. The van der Waals surface area contributed by atoms with Gasteiger partial charge in [0.25, 0.3) is 0 Å². The number of nitrogens with two attached hydrogens (primary N) is 1. The van der Waals surface area contributed by atoms with E-state index >= 15 is 0 Å². The Hall–Kier alpha value is -0.670. The van der Waals surface area contributed by atoms with Crippen LogP contribution in [0.4, 0.5) is 0 Å². The third kappa shape index (κ3) is 2.83. The van der Waals surface area contributed by atoms with Gasteiger partial charge in [-0.25, -0.2) is 0 Å². The molecule has 0 saturated heterocycles. The fourth-order valence-corrected chi connectivity index (χ4v) is 3.02. The van der Waals surface area contributed by atoms with Crippen LogP contribution in [0.25, 0.3) is 0 Å². The summed E-state index contributed by atoms with van der Waals surface area (Å²) in [7, 11) is 0. The molecule has 1 unspecified atom stereocenters. The molecule has 94 valence electrons. The number of halogens is 2. The lowest BCUT2D eigenvalue weighted by Crippen LogP contribution is -2.13. The molecule has 4 heteroatoms. The van der Waals surface area contributed by atoms with Crippen LogP contribution in [-0.4, -0.2) is 6.26 Å². The van der Waals surface area contributed by atoms with E-state index in [0.717, 1.165) is 16.0 Å². The molecule has 0 heterocycles. The van der Waals surface area contributed by atoms with Crippen molar-refractivity contribution < 1.29 is 0 Å². The SMILES string of the molecule is CSc1ccccc1C(N)c1ccc(Cl)cc1Cl. The quantitative estimate of drug-likeness (QED) is 0.826. The Balaban J connectivity index is 2.44. The molecule has 0 fully saturated rings. The first-order valence-corrected chi connectivity index (χ1v) is 7.45. The lowest BCUT2D eigenvalue weighted by molar-refractivity contribution is 0.848. The van der Waals surface area contributed by atoms with Crippen LogP contribution in [0.15, 0.2) is 47.4 Å². The highest BCUT2D eigenvalue weighted by Crippen LogP contribution is 2.33. The first-order valence-electron chi connectivity index (χ1n) is 5.47. The third-order valence-corrected chi connectivity index (χ3v) is 4.15. The summed E-state index contributed by atoms with van der Waals surface area (Å²) in [6.07, 6.45) is 2.04. The van der Waals surface area contributed by atoms with Crippen LogP contribution < -0.4 is 5.73 Å². The van der Waals surface area contributed by atoms with Gasteiger partial charge in [0, 0.05) is 14.9 Å². The van der Waals surface area contributed by atoms with Crippen molar-refractivity contribution >= 4 is 35.0 Å². The second-order valence-corrected chi connectivity index (χ2v) is 5.58.